The van der Waals surface area contributed by atoms with Crippen LogP contribution in [-0.2, 0) is 0 Å². The smallest absolute Gasteiger partial charge is 0.124 e. The molecule has 0 saturated heterocycles. The third-order valence-corrected chi connectivity index (χ3v) is 4.57. The van der Waals surface area contributed by atoms with Crippen LogP contribution in [0, 0.1) is 5.82 Å². The maximum absolute atomic E-state index is 13.2. The van der Waals surface area contributed by atoms with Gasteiger partial charge >= 0.3 is 0 Å². The first-order valence-corrected chi connectivity index (χ1v) is 7.33. The molecule has 3 rings (SSSR count). The summed E-state index contributed by atoms with van der Waals surface area (Å²) < 4.78 is 14.3. The van der Waals surface area contributed by atoms with Crippen molar-refractivity contribution in [3.8, 4) is 0 Å². The van der Waals surface area contributed by atoms with Crippen LogP contribution in [-0.4, -0.2) is 0 Å². The van der Waals surface area contributed by atoms with Crippen LogP contribution < -0.4 is 11.3 Å². The van der Waals surface area contributed by atoms with Crippen molar-refractivity contribution in [2.45, 2.75) is 6.04 Å². The predicted octanol–water partition coefficient (Wildman–Crippen LogP) is 4.25. The molecule has 2 aromatic carbocycles. The van der Waals surface area contributed by atoms with E-state index >= 15 is 0 Å². The molecule has 102 valence electrons. The van der Waals surface area contributed by atoms with Gasteiger partial charge in [0.05, 0.1) is 6.04 Å². The minimum atomic E-state index is -0.358. The van der Waals surface area contributed by atoms with Crippen LogP contribution >= 0.6 is 22.9 Å². The third-order valence-electron chi connectivity index (χ3n) is 3.26. The summed E-state index contributed by atoms with van der Waals surface area (Å²) in [6.45, 7) is 0. The Morgan fingerprint density at radius 3 is 2.75 bits per heavy atom. The second-order valence-corrected chi connectivity index (χ2v) is 5.78. The Bertz CT molecular complexity index is 756. The molecule has 5 heteroatoms. The highest BCUT2D eigenvalue weighted by Crippen LogP contribution is 2.34. The van der Waals surface area contributed by atoms with Gasteiger partial charge in [-0.2, -0.15) is 0 Å². The zero-order valence-corrected chi connectivity index (χ0v) is 12.0. The lowest BCUT2D eigenvalue weighted by atomic mass is 9.98. The van der Waals surface area contributed by atoms with Crippen molar-refractivity contribution >= 4 is 33.0 Å². The molecule has 3 N–H and O–H groups in total. The lowest BCUT2D eigenvalue weighted by Crippen LogP contribution is -2.29. The summed E-state index contributed by atoms with van der Waals surface area (Å²) >= 11 is 7.79. The van der Waals surface area contributed by atoms with Gasteiger partial charge in [0, 0.05) is 9.72 Å². The number of hydrogen-bond acceptors (Lipinski definition) is 3. The number of benzene rings is 2. The molecule has 0 saturated carbocycles. The number of nitrogens with two attached hydrogens (primary N) is 1. The second-order valence-electron chi connectivity index (χ2n) is 4.45. The first kappa shape index (κ1) is 13.5. The third kappa shape index (κ3) is 2.31. The van der Waals surface area contributed by atoms with Crippen molar-refractivity contribution in [3.05, 3.63) is 69.8 Å². The zero-order chi connectivity index (χ0) is 14.1. The van der Waals surface area contributed by atoms with Gasteiger partial charge in [-0.3, -0.25) is 5.84 Å². The summed E-state index contributed by atoms with van der Waals surface area (Å²) in [6, 6.07) is 12.2. The van der Waals surface area contributed by atoms with E-state index in [-0.39, 0.29) is 11.9 Å². The number of rotatable bonds is 3. The number of hydrazine groups is 1. The lowest BCUT2D eigenvalue weighted by Gasteiger charge is -2.19. The molecule has 20 heavy (non-hydrogen) atoms. The van der Waals surface area contributed by atoms with E-state index in [1.54, 1.807) is 17.4 Å². The highest BCUT2D eigenvalue weighted by Gasteiger charge is 2.18. The van der Waals surface area contributed by atoms with Crippen molar-refractivity contribution in [3.63, 3.8) is 0 Å². The van der Waals surface area contributed by atoms with Crippen LogP contribution in [0.15, 0.2) is 47.8 Å². The minimum absolute atomic E-state index is 0.273. The van der Waals surface area contributed by atoms with Crippen LogP contribution in [0.2, 0.25) is 5.02 Å². The first-order chi connectivity index (χ1) is 9.70. The van der Waals surface area contributed by atoms with E-state index in [0.29, 0.717) is 5.02 Å². The van der Waals surface area contributed by atoms with Crippen LogP contribution in [0.4, 0.5) is 4.39 Å². The Kier molecular flexibility index (Phi) is 3.72. The van der Waals surface area contributed by atoms with E-state index in [0.717, 1.165) is 21.2 Å². The van der Waals surface area contributed by atoms with Crippen molar-refractivity contribution in [2.24, 2.45) is 5.84 Å². The molecular weight excluding hydrogens is 295 g/mol. The number of nitrogens with one attached hydrogen (secondary N) is 1. The number of halogens is 2. The van der Waals surface area contributed by atoms with Gasteiger partial charge in [0.1, 0.15) is 5.82 Å². The summed E-state index contributed by atoms with van der Waals surface area (Å²) in [6.07, 6.45) is 0. The van der Waals surface area contributed by atoms with Gasteiger partial charge in [0.15, 0.2) is 0 Å². The van der Waals surface area contributed by atoms with Crippen molar-refractivity contribution in [1.29, 1.82) is 0 Å². The molecule has 1 unspecified atom stereocenters. The molecule has 3 aromatic rings. The topological polar surface area (TPSA) is 38.0 Å². The monoisotopic (exact) mass is 306 g/mol. The highest BCUT2D eigenvalue weighted by molar-refractivity contribution is 7.17. The molecule has 0 radical (unpaired) electrons. The molecule has 2 nitrogen and oxygen atoms in total. The fourth-order valence-electron chi connectivity index (χ4n) is 2.33. The van der Waals surface area contributed by atoms with Gasteiger partial charge in [-0.05, 0) is 40.1 Å². The van der Waals surface area contributed by atoms with Gasteiger partial charge in [0.25, 0.3) is 0 Å². The number of fused-ring (bicyclic) bond motifs is 1. The fourth-order valence-corrected chi connectivity index (χ4v) is 3.55. The fraction of sp³-hybridized carbons (Fsp3) is 0.0667. The van der Waals surface area contributed by atoms with Crippen LogP contribution in [0.3, 0.4) is 0 Å². The summed E-state index contributed by atoms with van der Waals surface area (Å²) in [5, 5.41) is 3.56. The highest BCUT2D eigenvalue weighted by atomic mass is 35.5. The average Bonchev–Trinajstić information content (AvgIpc) is 2.91. The molecule has 0 fully saturated rings. The Labute approximate surface area is 125 Å². The van der Waals surface area contributed by atoms with Gasteiger partial charge in [-0.15, -0.1) is 11.3 Å². The molecule has 0 bridgehead atoms. The SMILES string of the molecule is NNC(c1ccc(F)cc1Cl)c1cccc2ccsc12. The van der Waals surface area contributed by atoms with Crippen LogP contribution in [0.25, 0.3) is 10.1 Å². The maximum atomic E-state index is 13.2. The Hall–Kier alpha value is -1.46. The molecule has 0 aliphatic carbocycles. The van der Waals surface area contributed by atoms with E-state index in [4.69, 9.17) is 17.4 Å². The molecular formula is C15H12ClFN2S. The molecule has 1 atom stereocenters. The van der Waals surface area contributed by atoms with E-state index in [2.05, 4.69) is 17.6 Å². The van der Waals surface area contributed by atoms with E-state index < -0.39 is 0 Å². The van der Waals surface area contributed by atoms with Crippen LogP contribution in [0.5, 0.6) is 0 Å². The Morgan fingerprint density at radius 2 is 2.00 bits per heavy atom. The Balaban J connectivity index is 2.16. The molecule has 1 aromatic heterocycles. The second kappa shape index (κ2) is 5.50. The quantitative estimate of drug-likeness (QED) is 0.561. The summed E-state index contributed by atoms with van der Waals surface area (Å²) in [4.78, 5) is 0. The van der Waals surface area contributed by atoms with Gasteiger partial charge in [-0.25, -0.2) is 9.82 Å². The standard InChI is InChI=1S/C15H12ClFN2S/c16-13-8-10(17)4-5-11(13)14(19-18)12-3-1-2-9-6-7-20-15(9)12/h1-8,14,19H,18H2. The summed E-state index contributed by atoms with van der Waals surface area (Å²) in [5.74, 6) is 5.35. The largest absolute Gasteiger partial charge is 0.271 e. The van der Waals surface area contributed by atoms with E-state index in [1.807, 2.05) is 17.5 Å². The van der Waals surface area contributed by atoms with Crippen molar-refractivity contribution in [1.82, 2.24) is 5.43 Å². The number of hydrogen-bond donors (Lipinski definition) is 2. The van der Waals surface area contributed by atoms with Gasteiger partial charge in [0.2, 0.25) is 0 Å². The maximum Gasteiger partial charge on any atom is 0.124 e. The van der Waals surface area contributed by atoms with Crippen molar-refractivity contribution < 1.29 is 4.39 Å². The van der Waals surface area contributed by atoms with Gasteiger partial charge < -0.3 is 0 Å². The first-order valence-electron chi connectivity index (χ1n) is 6.08. The Morgan fingerprint density at radius 1 is 1.15 bits per heavy atom. The zero-order valence-electron chi connectivity index (χ0n) is 10.4. The number of thiophene rings is 1. The van der Waals surface area contributed by atoms with E-state index in [9.17, 15) is 4.39 Å². The van der Waals surface area contributed by atoms with Crippen LogP contribution in [0.1, 0.15) is 17.2 Å². The molecule has 0 spiro atoms. The average molecular weight is 307 g/mol. The predicted molar refractivity (Wildman–Crippen MR) is 82.4 cm³/mol. The summed E-state index contributed by atoms with van der Waals surface area (Å²) in [7, 11) is 0. The van der Waals surface area contributed by atoms with Crippen molar-refractivity contribution in [2.75, 3.05) is 0 Å². The van der Waals surface area contributed by atoms with Gasteiger partial charge in [-0.1, -0.05) is 35.9 Å². The normalized spacial score (nSPS) is 12.8. The summed E-state index contributed by atoms with van der Waals surface area (Å²) in [5.41, 5.74) is 4.57. The van der Waals surface area contributed by atoms with E-state index in [1.165, 1.54) is 12.1 Å². The lowest BCUT2D eigenvalue weighted by molar-refractivity contribution is 0.617. The molecule has 0 aliphatic heterocycles. The molecule has 0 aliphatic rings. The molecule has 0 amide bonds. The minimum Gasteiger partial charge on any atom is -0.271 e. The molecule has 1 heterocycles.